The minimum Gasteiger partial charge on any atom is -0.467 e. The van der Waals surface area contributed by atoms with Crippen LogP contribution < -0.4 is 5.32 Å². The van der Waals surface area contributed by atoms with Crippen LogP contribution in [0.2, 0.25) is 0 Å². The minimum atomic E-state index is -4.49. The van der Waals surface area contributed by atoms with E-state index in [-0.39, 0.29) is 5.56 Å². The molecule has 1 aromatic carbocycles. The lowest BCUT2D eigenvalue weighted by molar-refractivity contribution is -0.147. The molecule has 2 atom stereocenters. The Morgan fingerprint density at radius 2 is 1.58 bits per heavy atom. The maximum Gasteiger partial charge on any atom is 0.416 e. The number of ether oxygens (including phenoxy) is 3. The first-order valence-electron chi connectivity index (χ1n) is 7.66. The van der Waals surface area contributed by atoms with Gasteiger partial charge >= 0.3 is 18.2 Å². The molecule has 0 aliphatic rings. The average Bonchev–Trinajstić information content (AvgIpc) is 2.51. The summed E-state index contributed by atoms with van der Waals surface area (Å²) >= 11 is 0. The lowest BCUT2D eigenvalue weighted by atomic mass is 10.0. The monoisotopic (exact) mass is 377 g/mol. The minimum absolute atomic E-state index is 0.256. The first-order valence-corrected chi connectivity index (χ1v) is 7.66. The highest BCUT2D eigenvalue weighted by Crippen LogP contribution is 2.31. The number of rotatable bonds is 5. The zero-order valence-electron chi connectivity index (χ0n) is 15.1. The molecule has 0 heterocycles. The number of carbonyl (C=O) groups excluding carboxylic acids is 2. The average molecular weight is 377 g/mol. The van der Waals surface area contributed by atoms with E-state index >= 15 is 0 Å². The van der Waals surface area contributed by atoms with Crippen LogP contribution in [-0.4, -0.2) is 37.9 Å². The van der Waals surface area contributed by atoms with E-state index in [1.165, 1.54) is 19.2 Å². The Morgan fingerprint density at radius 1 is 1.04 bits per heavy atom. The number of alkyl carbamates (subject to hydrolysis) is 1. The van der Waals surface area contributed by atoms with Gasteiger partial charge in [-0.15, -0.1) is 0 Å². The first-order chi connectivity index (χ1) is 11.9. The molecule has 0 fully saturated rings. The fourth-order valence-corrected chi connectivity index (χ4v) is 2.15. The SMILES string of the molecule is COC(=O)C(NC(=O)OC(C)(C)C)C(OC)c1ccc(C(F)(F)F)cc1. The van der Waals surface area contributed by atoms with Gasteiger partial charge in [0.15, 0.2) is 6.04 Å². The third kappa shape index (κ3) is 6.21. The number of hydrogen-bond donors (Lipinski definition) is 1. The Morgan fingerprint density at radius 3 is 1.96 bits per heavy atom. The fraction of sp³-hybridized carbons (Fsp3) is 0.529. The van der Waals surface area contributed by atoms with Crippen molar-refractivity contribution in [2.24, 2.45) is 0 Å². The fourth-order valence-electron chi connectivity index (χ4n) is 2.15. The Kier molecular flexibility index (Phi) is 7.02. The largest absolute Gasteiger partial charge is 0.467 e. The van der Waals surface area contributed by atoms with Crippen LogP contribution in [0.25, 0.3) is 0 Å². The molecule has 2 unspecified atom stereocenters. The predicted molar refractivity (Wildman–Crippen MR) is 86.4 cm³/mol. The van der Waals surface area contributed by atoms with Gasteiger partial charge in [-0.2, -0.15) is 13.2 Å². The molecule has 0 aliphatic carbocycles. The second-order valence-corrected chi connectivity index (χ2v) is 6.42. The molecule has 0 aromatic heterocycles. The highest BCUT2D eigenvalue weighted by atomic mass is 19.4. The normalized spacial score (nSPS) is 14.3. The Bertz CT molecular complexity index is 623. The molecule has 0 radical (unpaired) electrons. The molecule has 0 spiro atoms. The lowest BCUT2D eigenvalue weighted by Crippen LogP contribution is -2.47. The summed E-state index contributed by atoms with van der Waals surface area (Å²) in [5.74, 6) is -0.831. The molecule has 1 amide bonds. The summed E-state index contributed by atoms with van der Waals surface area (Å²) in [6.07, 6.45) is -6.45. The van der Waals surface area contributed by atoms with Crippen molar-refractivity contribution in [2.45, 2.75) is 44.7 Å². The molecule has 146 valence electrons. The molecule has 1 aromatic rings. The number of benzene rings is 1. The van der Waals surface area contributed by atoms with E-state index in [0.29, 0.717) is 0 Å². The first kappa shape index (κ1) is 21.8. The molecular weight excluding hydrogens is 355 g/mol. The van der Waals surface area contributed by atoms with Gasteiger partial charge in [-0.25, -0.2) is 9.59 Å². The standard InChI is InChI=1S/C17H22F3NO5/c1-16(2,3)26-15(23)21-12(14(22)25-5)13(24-4)10-6-8-11(9-7-10)17(18,19)20/h6-9,12-13H,1-5H3,(H,21,23). The van der Waals surface area contributed by atoms with E-state index < -0.39 is 41.5 Å². The highest BCUT2D eigenvalue weighted by molar-refractivity contribution is 5.82. The van der Waals surface area contributed by atoms with Crippen molar-refractivity contribution in [3.05, 3.63) is 35.4 Å². The summed E-state index contributed by atoms with van der Waals surface area (Å²) < 4.78 is 53.1. The Balaban J connectivity index is 3.09. The van der Waals surface area contributed by atoms with Gasteiger partial charge in [0, 0.05) is 7.11 Å². The van der Waals surface area contributed by atoms with Gasteiger partial charge in [-0.1, -0.05) is 12.1 Å². The number of methoxy groups -OCH3 is 2. The van der Waals surface area contributed by atoms with Gasteiger partial charge in [0.2, 0.25) is 0 Å². The van der Waals surface area contributed by atoms with Crippen molar-refractivity contribution in [3.63, 3.8) is 0 Å². The molecule has 1 N–H and O–H groups in total. The number of halogens is 3. The Labute approximate surface area is 149 Å². The summed E-state index contributed by atoms with van der Waals surface area (Å²) in [4.78, 5) is 24.0. The van der Waals surface area contributed by atoms with E-state index in [4.69, 9.17) is 9.47 Å². The molecule has 0 saturated heterocycles. The van der Waals surface area contributed by atoms with Crippen LogP contribution in [0.4, 0.5) is 18.0 Å². The number of esters is 1. The van der Waals surface area contributed by atoms with E-state index in [1.807, 2.05) is 0 Å². The third-order valence-electron chi connectivity index (χ3n) is 3.25. The van der Waals surface area contributed by atoms with E-state index in [2.05, 4.69) is 10.1 Å². The molecule has 0 bridgehead atoms. The summed E-state index contributed by atoms with van der Waals surface area (Å²) in [6, 6.07) is 2.76. The zero-order valence-corrected chi connectivity index (χ0v) is 15.1. The van der Waals surface area contributed by atoms with Crippen LogP contribution in [-0.2, 0) is 25.2 Å². The smallest absolute Gasteiger partial charge is 0.416 e. The summed E-state index contributed by atoms with van der Waals surface area (Å²) in [7, 11) is 2.38. The maximum atomic E-state index is 12.7. The molecule has 26 heavy (non-hydrogen) atoms. The molecule has 0 aliphatic heterocycles. The van der Waals surface area contributed by atoms with Crippen molar-refractivity contribution in [2.75, 3.05) is 14.2 Å². The number of amides is 1. The molecule has 9 heteroatoms. The van der Waals surface area contributed by atoms with Crippen LogP contribution in [0, 0.1) is 0 Å². The van der Waals surface area contributed by atoms with Crippen molar-refractivity contribution < 1.29 is 37.0 Å². The second-order valence-electron chi connectivity index (χ2n) is 6.42. The van der Waals surface area contributed by atoms with Crippen molar-refractivity contribution in [1.29, 1.82) is 0 Å². The van der Waals surface area contributed by atoms with Crippen LogP contribution in [0.3, 0.4) is 0 Å². The van der Waals surface area contributed by atoms with Crippen LogP contribution >= 0.6 is 0 Å². The molecule has 1 rings (SSSR count). The van der Waals surface area contributed by atoms with Crippen molar-refractivity contribution >= 4 is 12.1 Å². The predicted octanol–water partition coefficient (Wildman–Crippen LogP) is 3.46. The van der Waals surface area contributed by atoms with Crippen LogP contribution in [0.5, 0.6) is 0 Å². The van der Waals surface area contributed by atoms with E-state index in [0.717, 1.165) is 19.2 Å². The molecule has 0 saturated carbocycles. The number of alkyl halides is 3. The van der Waals surface area contributed by atoms with E-state index in [9.17, 15) is 22.8 Å². The summed E-state index contributed by atoms with van der Waals surface area (Å²) in [5, 5.41) is 2.34. The van der Waals surface area contributed by atoms with Crippen LogP contribution in [0.1, 0.15) is 38.0 Å². The maximum absolute atomic E-state index is 12.7. The van der Waals surface area contributed by atoms with Gasteiger partial charge < -0.3 is 19.5 Å². The van der Waals surface area contributed by atoms with Gasteiger partial charge in [-0.3, -0.25) is 0 Å². The van der Waals surface area contributed by atoms with Gasteiger partial charge in [0.1, 0.15) is 11.7 Å². The van der Waals surface area contributed by atoms with E-state index in [1.54, 1.807) is 20.8 Å². The Hall–Kier alpha value is -2.29. The van der Waals surface area contributed by atoms with Crippen LogP contribution in [0.15, 0.2) is 24.3 Å². The van der Waals surface area contributed by atoms with Gasteiger partial charge in [-0.05, 0) is 38.5 Å². The van der Waals surface area contributed by atoms with Crippen molar-refractivity contribution in [1.82, 2.24) is 5.32 Å². The topological polar surface area (TPSA) is 73.9 Å². The summed E-state index contributed by atoms with van der Waals surface area (Å²) in [6.45, 7) is 4.93. The lowest BCUT2D eigenvalue weighted by Gasteiger charge is -2.27. The second kappa shape index (κ2) is 8.39. The third-order valence-corrected chi connectivity index (χ3v) is 3.25. The quantitative estimate of drug-likeness (QED) is 0.796. The van der Waals surface area contributed by atoms with Crippen molar-refractivity contribution in [3.8, 4) is 0 Å². The molecular formula is C17H22F3NO5. The highest BCUT2D eigenvalue weighted by Gasteiger charge is 2.35. The number of carbonyl (C=O) groups is 2. The van der Waals surface area contributed by atoms with Gasteiger partial charge in [0.25, 0.3) is 0 Å². The van der Waals surface area contributed by atoms with Gasteiger partial charge in [0.05, 0.1) is 12.7 Å². The molecule has 6 nitrogen and oxygen atoms in total. The zero-order chi connectivity index (χ0) is 20.1. The summed E-state index contributed by atoms with van der Waals surface area (Å²) in [5.41, 5.74) is -1.39. The number of hydrogen-bond acceptors (Lipinski definition) is 5. The number of nitrogens with one attached hydrogen (secondary N) is 1.